The van der Waals surface area contributed by atoms with Gasteiger partial charge in [0.2, 0.25) is 0 Å². The van der Waals surface area contributed by atoms with Gasteiger partial charge in [-0.05, 0) is 30.9 Å². The monoisotopic (exact) mass is 203 g/mol. The van der Waals surface area contributed by atoms with Crippen molar-refractivity contribution in [1.82, 2.24) is 15.2 Å². The molecule has 0 aromatic carbocycles. The molecule has 2 aromatic rings. The molecule has 0 radical (unpaired) electrons. The summed E-state index contributed by atoms with van der Waals surface area (Å²) in [7, 11) is 0. The molecule has 15 heavy (non-hydrogen) atoms. The third kappa shape index (κ3) is 1.61. The normalized spacial score (nSPS) is 21.2. The Morgan fingerprint density at radius 3 is 3.40 bits per heavy atom. The van der Waals surface area contributed by atoms with E-state index in [-0.39, 0.29) is 0 Å². The fraction of sp³-hybridized carbons (Fsp3) is 0.455. The molecule has 1 aliphatic rings. The van der Waals surface area contributed by atoms with Crippen LogP contribution in [0.15, 0.2) is 18.3 Å². The Morgan fingerprint density at radius 2 is 2.53 bits per heavy atom. The van der Waals surface area contributed by atoms with E-state index in [1.165, 1.54) is 0 Å². The van der Waals surface area contributed by atoms with Gasteiger partial charge >= 0.3 is 0 Å². The standard InChI is InChI=1S/C11H13N3O/c1-2-9-11(12-4-1)10(14-13-9)6-8-3-5-15-7-8/h1-2,4,8H,3,5-7H2,(H,13,14). The number of pyridine rings is 1. The summed E-state index contributed by atoms with van der Waals surface area (Å²) < 4.78 is 5.36. The minimum atomic E-state index is 0.621. The Hall–Kier alpha value is -1.42. The Bertz CT molecular complexity index is 460. The minimum Gasteiger partial charge on any atom is -0.381 e. The van der Waals surface area contributed by atoms with Crippen LogP contribution < -0.4 is 0 Å². The van der Waals surface area contributed by atoms with Crippen LogP contribution in [0.1, 0.15) is 12.1 Å². The number of nitrogens with zero attached hydrogens (tertiary/aromatic N) is 2. The van der Waals surface area contributed by atoms with Gasteiger partial charge in [-0.15, -0.1) is 0 Å². The molecular formula is C11H13N3O. The molecule has 1 atom stereocenters. The van der Waals surface area contributed by atoms with Gasteiger partial charge in [-0.3, -0.25) is 10.1 Å². The van der Waals surface area contributed by atoms with E-state index in [9.17, 15) is 0 Å². The number of ether oxygens (including phenoxy) is 1. The lowest BCUT2D eigenvalue weighted by molar-refractivity contribution is 0.185. The van der Waals surface area contributed by atoms with Crippen molar-refractivity contribution in [2.24, 2.45) is 5.92 Å². The second-order valence-electron chi connectivity index (χ2n) is 4.01. The maximum absolute atomic E-state index is 5.36. The van der Waals surface area contributed by atoms with Gasteiger partial charge in [0, 0.05) is 19.4 Å². The first-order valence-corrected chi connectivity index (χ1v) is 5.29. The fourth-order valence-electron chi connectivity index (χ4n) is 2.08. The van der Waals surface area contributed by atoms with Gasteiger partial charge in [0.15, 0.2) is 0 Å². The van der Waals surface area contributed by atoms with E-state index in [4.69, 9.17) is 4.74 Å². The Balaban J connectivity index is 1.90. The molecular weight excluding hydrogens is 190 g/mol. The predicted molar refractivity (Wildman–Crippen MR) is 56.5 cm³/mol. The molecule has 0 amide bonds. The van der Waals surface area contributed by atoms with E-state index in [1.54, 1.807) is 0 Å². The van der Waals surface area contributed by atoms with E-state index in [1.807, 2.05) is 18.3 Å². The van der Waals surface area contributed by atoms with Crippen molar-refractivity contribution < 1.29 is 4.74 Å². The summed E-state index contributed by atoms with van der Waals surface area (Å²) in [6, 6.07) is 3.89. The number of rotatable bonds is 2. The molecule has 1 saturated heterocycles. The second-order valence-corrected chi connectivity index (χ2v) is 4.01. The lowest BCUT2D eigenvalue weighted by atomic mass is 10.0. The molecule has 78 valence electrons. The first-order valence-electron chi connectivity index (χ1n) is 5.29. The largest absolute Gasteiger partial charge is 0.381 e. The molecule has 3 heterocycles. The highest BCUT2D eigenvalue weighted by Crippen LogP contribution is 2.21. The zero-order valence-corrected chi connectivity index (χ0v) is 8.44. The second kappa shape index (κ2) is 3.62. The van der Waals surface area contributed by atoms with Crippen molar-refractivity contribution in [2.45, 2.75) is 12.8 Å². The number of fused-ring (bicyclic) bond motifs is 1. The first-order chi connectivity index (χ1) is 7.43. The molecule has 1 unspecified atom stereocenters. The number of nitrogens with one attached hydrogen (secondary N) is 1. The average molecular weight is 203 g/mol. The topological polar surface area (TPSA) is 50.8 Å². The average Bonchev–Trinajstić information content (AvgIpc) is 2.89. The van der Waals surface area contributed by atoms with Crippen molar-refractivity contribution in [3.8, 4) is 0 Å². The van der Waals surface area contributed by atoms with E-state index >= 15 is 0 Å². The third-order valence-electron chi connectivity index (χ3n) is 2.90. The Morgan fingerprint density at radius 1 is 1.53 bits per heavy atom. The summed E-state index contributed by atoms with van der Waals surface area (Å²) in [5, 5.41) is 7.30. The van der Waals surface area contributed by atoms with E-state index in [0.29, 0.717) is 5.92 Å². The molecule has 1 aliphatic heterocycles. The number of aromatic nitrogens is 3. The third-order valence-corrected chi connectivity index (χ3v) is 2.90. The van der Waals surface area contributed by atoms with E-state index in [2.05, 4.69) is 15.2 Å². The van der Waals surface area contributed by atoms with Crippen LogP contribution in [-0.4, -0.2) is 28.4 Å². The van der Waals surface area contributed by atoms with Crippen LogP contribution in [0.3, 0.4) is 0 Å². The molecule has 0 saturated carbocycles. The molecule has 1 N–H and O–H groups in total. The van der Waals surface area contributed by atoms with Gasteiger partial charge in [0.05, 0.1) is 5.69 Å². The summed E-state index contributed by atoms with van der Waals surface area (Å²) in [5.41, 5.74) is 3.09. The molecule has 4 nitrogen and oxygen atoms in total. The summed E-state index contributed by atoms with van der Waals surface area (Å²) in [4.78, 5) is 4.35. The molecule has 0 aliphatic carbocycles. The van der Waals surface area contributed by atoms with Crippen LogP contribution >= 0.6 is 0 Å². The maximum atomic E-state index is 5.36. The number of H-pyrrole nitrogens is 1. The van der Waals surface area contributed by atoms with Crippen molar-refractivity contribution in [2.75, 3.05) is 13.2 Å². The van der Waals surface area contributed by atoms with Crippen molar-refractivity contribution in [3.05, 3.63) is 24.0 Å². The number of hydrogen-bond donors (Lipinski definition) is 1. The van der Waals surface area contributed by atoms with Crippen LogP contribution in [0, 0.1) is 5.92 Å². The number of aromatic amines is 1. The highest BCUT2D eigenvalue weighted by molar-refractivity contribution is 5.76. The van der Waals surface area contributed by atoms with Crippen LogP contribution in [0.5, 0.6) is 0 Å². The molecule has 2 aromatic heterocycles. The number of hydrogen-bond acceptors (Lipinski definition) is 3. The van der Waals surface area contributed by atoms with Crippen molar-refractivity contribution >= 4 is 11.0 Å². The SMILES string of the molecule is c1cnc2c(CC3CCOC3)[nH]nc2c1. The lowest BCUT2D eigenvalue weighted by Gasteiger charge is -2.04. The zero-order valence-electron chi connectivity index (χ0n) is 8.44. The van der Waals surface area contributed by atoms with Crippen LogP contribution in [0.4, 0.5) is 0 Å². The molecule has 4 heteroatoms. The van der Waals surface area contributed by atoms with Crippen LogP contribution in [0.2, 0.25) is 0 Å². The lowest BCUT2D eigenvalue weighted by Crippen LogP contribution is -2.04. The zero-order chi connectivity index (χ0) is 10.1. The summed E-state index contributed by atoms with van der Waals surface area (Å²) in [5.74, 6) is 0.621. The predicted octanol–water partition coefficient (Wildman–Crippen LogP) is 1.54. The van der Waals surface area contributed by atoms with Crippen LogP contribution in [0.25, 0.3) is 11.0 Å². The summed E-state index contributed by atoms with van der Waals surface area (Å²) in [6.45, 7) is 1.76. The van der Waals surface area contributed by atoms with Crippen molar-refractivity contribution in [3.63, 3.8) is 0 Å². The van der Waals surface area contributed by atoms with Crippen LogP contribution in [-0.2, 0) is 11.2 Å². The highest BCUT2D eigenvalue weighted by atomic mass is 16.5. The summed E-state index contributed by atoms with van der Waals surface area (Å²) >= 11 is 0. The molecule has 0 bridgehead atoms. The highest BCUT2D eigenvalue weighted by Gasteiger charge is 2.18. The molecule has 3 rings (SSSR count). The smallest absolute Gasteiger partial charge is 0.111 e. The van der Waals surface area contributed by atoms with Gasteiger partial charge < -0.3 is 4.74 Å². The van der Waals surface area contributed by atoms with E-state index in [0.717, 1.165) is 42.8 Å². The van der Waals surface area contributed by atoms with Gasteiger partial charge in [-0.1, -0.05) is 0 Å². The summed E-state index contributed by atoms with van der Waals surface area (Å²) in [6.07, 6.45) is 3.95. The van der Waals surface area contributed by atoms with Gasteiger partial charge in [0.1, 0.15) is 11.0 Å². The van der Waals surface area contributed by atoms with E-state index < -0.39 is 0 Å². The minimum absolute atomic E-state index is 0.621. The maximum Gasteiger partial charge on any atom is 0.111 e. The van der Waals surface area contributed by atoms with Gasteiger partial charge in [-0.25, -0.2) is 0 Å². The molecule has 0 spiro atoms. The quantitative estimate of drug-likeness (QED) is 0.805. The van der Waals surface area contributed by atoms with Crippen molar-refractivity contribution in [1.29, 1.82) is 0 Å². The Kier molecular flexibility index (Phi) is 2.14. The van der Waals surface area contributed by atoms with Gasteiger partial charge in [0.25, 0.3) is 0 Å². The fourth-order valence-corrected chi connectivity index (χ4v) is 2.08. The molecule has 1 fully saturated rings. The van der Waals surface area contributed by atoms with Gasteiger partial charge in [-0.2, -0.15) is 5.10 Å². The Labute approximate surface area is 87.7 Å². The first kappa shape index (κ1) is 8.85.